The fourth-order valence-corrected chi connectivity index (χ4v) is 1.97. The number of hydrogen-bond donors (Lipinski definition) is 3. The molecular weight excluding hydrogens is 302 g/mol. The summed E-state index contributed by atoms with van der Waals surface area (Å²) >= 11 is 0. The van der Waals surface area contributed by atoms with Crippen LogP contribution in [0.5, 0.6) is 5.75 Å². The number of carboxylic acid groups (broad SMARTS) is 1. The van der Waals surface area contributed by atoms with Crippen molar-refractivity contribution in [3.8, 4) is 17.1 Å². The first-order valence-electron chi connectivity index (χ1n) is 6.88. The molecule has 0 aliphatic heterocycles. The summed E-state index contributed by atoms with van der Waals surface area (Å²) in [5, 5.41) is 18.6. The first-order chi connectivity index (χ1) is 11.0. The largest absolute Gasteiger partial charge is 0.497 e. The highest BCUT2D eigenvalue weighted by Crippen LogP contribution is 2.30. The lowest BCUT2D eigenvalue weighted by atomic mass is 10.1. The first kappa shape index (κ1) is 16.3. The summed E-state index contributed by atoms with van der Waals surface area (Å²) in [6, 6.07) is 6.78. The first-order valence-corrected chi connectivity index (χ1v) is 6.88. The lowest BCUT2D eigenvalue weighted by Gasteiger charge is -2.04. The number of aromatic carboxylic acids is 1. The van der Waals surface area contributed by atoms with Crippen LogP contribution in [0.15, 0.2) is 28.8 Å². The van der Waals surface area contributed by atoms with Gasteiger partial charge in [-0.2, -0.15) is 0 Å². The summed E-state index contributed by atoms with van der Waals surface area (Å²) in [5.74, 6) is -0.391. The summed E-state index contributed by atoms with van der Waals surface area (Å²) < 4.78 is 10.2. The summed E-state index contributed by atoms with van der Waals surface area (Å²) in [6.07, 6.45) is 0. The number of methoxy groups -OCH3 is 1. The third-order valence-electron chi connectivity index (χ3n) is 3.05. The van der Waals surface area contributed by atoms with E-state index in [0.29, 0.717) is 24.4 Å². The third kappa shape index (κ3) is 4.00. The number of aromatic nitrogens is 1. The molecule has 8 nitrogen and oxygen atoms in total. The Kier molecular flexibility index (Phi) is 5.19. The number of carbonyl (C=O) groups excluding carboxylic acids is 1. The number of ether oxygens (including phenoxy) is 1. The van der Waals surface area contributed by atoms with Gasteiger partial charge in [0.15, 0.2) is 17.1 Å². The number of anilines is 1. The predicted molar refractivity (Wildman–Crippen MR) is 82.6 cm³/mol. The molecule has 0 aliphatic carbocycles. The minimum atomic E-state index is -1.15. The van der Waals surface area contributed by atoms with Crippen LogP contribution in [-0.4, -0.2) is 42.3 Å². The van der Waals surface area contributed by atoms with Crippen molar-refractivity contribution in [2.45, 2.75) is 6.92 Å². The van der Waals surface area contributed by atoms with Crippen LogP contribution >= 0.6 is 0 Å². The molecule has 0 saturated heterocycles. The molecule has 1 amide bonds. The Balaban J connectivity index is 2.20. The van der Waals surface area contributed by atoms with Crippen LogP contribution in [0.4, 0.5) is 5.82 Å². The molecule has 0 aliphatic rings. The van der Waals surface area contributed by atoms with Gasteiger partial charge in [-0.3, -0.25) is 4.79 Å². The Morgan fingerprint density at radius 1 is 1.26 bits per heavy atom. The molecule has 0 spiro atoms. The van der Waals surface area contributed by atoms with Crippen molar-refractivity contribution >= 4 is 17.7 Å². The molecular formula is C15H17N3O5. The molecule has 0 unspecified atom stereocenters. The van der Waals surface area contributed by atoms with E-state index in [1.165, 1.54) is 6.92 Å². The number of carbonyl (C=O) groups is 2. The molecule has 0 bridgehead atoms. The van der Waals surface area contributed by atoms with E-state index >= 15 is 0 Å². The second kappa shape index (κ2) is 7.30. The Labute approximate surface area is 132 Å². The lowest BCUT2D eigenvalue weighted by molar-refractivity contribution is -0.118. The average Bonchev–Trinajstić information content (AvgIpc) is 2.95. The van der Waals surface area contributed by atoms with Crippen molar-refractivity contribution in [1.29, 1.82) is 0 Å². The quantitative estimate of drug-likeness (QED) is 0.664. The maximum absolute atomic E-state index is 11.5. The van der Waals surface area contributed by atoms with Crippen molar-refractivity contribution in [2.75, 3.05) is 25.5 Å². The van der Waals surface area contributed by atoms with Crippen LogP contribution in [0.25, 0.3) is 11.3 Å². The molecule has 1 heterocycles. The molecule has 3 N–H and O–H groups in total. The Bertz CT molecular complexity index is 694. The number of benzene rings is 1. The van der Waals surface area contributed by atoms with Gasteiger partial charge < -0.3 is 25.0 Å². The molecule has 23 heavy (non-hydrogen) atoms. The third-order valence-corrected chi connectivity index (χ3v) is 3.05. The molecule has 8 heteroatoms. The topological polar surface area (TPSA) is 114 Å². The zero-order valence-electron chi connectivity index (χ0n) is 12.8. The van der Waals surface area contributed by atoms with Crippen LogP contribution in [0, 0.1) is 0 Å². The van der Waals surface area contributed by atoms with Gasteiger partial charge in [-0.15, -0.1) is 0 Å². The fourth-order valence-electron chi connectivity index (χ4n) is 1.97. The number of carboxylic acids is 1. The molecule has 0 saturated carbocycles. The van der Waals surface area contributed by atoms with Gasteiger partial charge >= 0.3 is 5.97 Å². The Hall–Kier alpha value is -3.03. The number of nitrogens with zero attached hydrogens (tertiary/aromatic N) is 1. The van der Waals surface area contributed by atoms with Crippen molar-refractivity contribution in [3.05, 3.63) is 29.8 Å². The highest BCUT2D eigenvalue weighted by Gasteiger charge is 2.23. The smallest absolute Gasteiger partial charge is 0.343 e. The summed E-state index contributed by atoms with van der Waals surface area (Å²) in [7, 11) is 1.54. The number of nitrogens with one attached hydrogen (secondary N) is 2. The zero-order valence-corrected chi connectivity index (χ0v) is 12.8. The Morgan fingerprint density at radius 2 is 1.96 bits per heavy atom. The van der Waals surface area contributed by atoms with Crippen LogP contribution in [0.1, 0.15) is 17.3 Å². The van der Waals surface area contributed by atoms with Crippen molar-refractivity contribution < 1.29 is 24.0 Å². The van der Waals surface area contributed by atoms with Gasteiger partial charge in [0.2, 0.25) is 5.91 Å². The standard InChI is InChI=1S/C15H17N3O5/c1-9(19)16-7-8-17-14-12(15(20)21)13(23-18-14)10-3-5-11(22-2)6-4-10/h3-6H,7-8H2,1-2H3,(H,16,19)(H,17,18)(H,20,21). The zero-order chi connectivity index (χ0) is 16.8. The molecule has 1 aromatic heterocycles. The van der Waals surface area contributed by atoms with Crippen molar-refractivity contribution in [2.24, 2.45) is 0 Å². The van der Waals surface area contributed by atoms with Gasteiger partial charge in [0, 0.05) is 25.6 Å². The van der Waals surface area contributed by atoms with Gasteiger partial charge in [0.1, 0.15) is 5.75 Å². The summed E-state index contributed by atoms with van der Waals surface area (Å²) in [4.78, 5) is 22.3. The Morgan fingerprint density at radius 3 is 2.52 bits per heavy atom. The maximum Gasteiger partial charge on any atom is 0.343 e. The maximum atomic E-state index is 11.5. The molecule has 1 aromatic carbocycles. The monoisotopic (exact) mass is 319 g/mol. The number of hydrogen-bond acceptors (Lipinski definition) is 6. The SMILES string of the molecule is COc1ccc(-c2onc(NCCNC(C)=O)c2C(=O)O)cc1. The van der Waals surface area contributed by atoms with E-state index in [-0.39, 0.29) is 23.0 Å². The van der Waals surface area contributed by atoms with E-state index < -0.39 is 5.97 Å². The highest BCUT2D eigenvalue weighted by molar-refractivity contribution is 5.99. The van der Waals surface area contributed by atoms with E-state index in [9.17, 15) is 14.7 Å². The van der Waals surface area contributed by atoms with Gasteiger partial charge in [-0.05, 0) is 24.3 Å². The normalized spacial score (nSPS) is 10.2. The molecule has 2 aromatic rings. The number of amides is 1. The minimum absolute atomic E-state index is 0.0574. The fraction of sp³-hybridized carbons (Fsp3) is 0.267. The van der Waals surface area contributed by atoms with Gasteiger partial charge in [0.05, 0.1) is 7.11 Å². The van der Waals surface area contributed by atoms with Gasteiger partial charge in [-0.1, -0.05) is 5.16 Å². The highest BCUT2D eigenvalue weighted by atomic mass is 16.5. The molecule has 0 atom stereocenters. The molecule has 2 rings (SSSR count). The van der Waals surface area contributed by atoms with E-state index in [1.54, 1.807) is 31.4 Å². The summed E-state index contributed by atoms with van der Waals surface area (Å²) in [6.45, 7) is 2.08. The average molecular weight is 319 g/mol. The second-order valence-corrected chi connectivity index (χ2v) is 4.68. The van der Waals surface area contributed by atoms with Crippen LogP contribution in [-0.2, 0) is 4.79 Å². The second-order valence-electron chi connectivity index (χ2n) is 4.68. The predicted octanol–water partition coefficient (Wildman–Crippen LogP) is 1.60. The molecule has 0 fully saturated rings. The van der Waals surface area contributed by atoms with Gasteiger partial charge in [-0.25, -0.2) is 4.79 Å². The number of rotatable bonds is 7. The minimum Gasteiger partial charge on any atom is -0.497 e. The van der Waals surface area contributed by atoms with E-state index in [0.717, 1.165) is 0 Å². The lowest BCUT2D eigenvalue weighted by Crippen LogP contribution is -2.26. The van der Waals surface area contributed by atoms with Crippen LogP contribution in [0.2, 0.25) is 0 Å². The van der Waals surface area contributed by atoms with Crippen molar-refractivity contribution in [1.82, 2.24) is 10.5 Å². The van der Waals surface area contributed by atoms with Crippen LogP contribution < -0.4 is 15.4 Å². The molecule has 0 radical (unpaired) electrons. The van der Waals surface area contributed by atoms with E-state index in [4.69, 9.17) is 9.26 Å². The van der Waals surface area contributed by atoms with Gasteiger partial charge in [0.25, 0.3) is 0 Å². The van der Waals surface area contributed by atoms with Crippen LogP contribution in [0.3, 0.4) is 0 Å². The van der Waals surface area contributed by atoms with E-state index in [2.05, 4.69) is 15.8 Å². The van der Waals surface area contributed by atoms with Crippen molar-refractivity contribution in [3.63, 3.8) is 0 Å². The van der Waals surface area contributed by atoms with E-state index in [1.807, 2.05) is 0 Å². The molecule has 122 valence electrons. The summed E-state index contributed by atoms with van der Waals surface area (Å²) in [5.41, 5.74) is 0.517.